The molecule has 7 heteroatoms. The molecule has 0 saturated carbocycles. The number of carbonyl (C=O) groups is 1. The van der Waals surface area contributed by atoms with E-state index in [1.165, 1.54) is 17.8 Å². The molecule has 24 heavy (non-hydrogen) atoms. The van der Waals surface area contributed by atoms with Gasteiger partial charge in [0.05, 0.1) is 22.5 Å². The number of benzene rings is 2. The number of rotatable bonds is 4. The average Bonchev–Trinajstić information content (AvgIpc) is 2.56. The van der Waals surface area contributed by atoms with Crippen LogP contribution >= 0.6 is 11.8 Å². The summed E-state index contributed by atoms with van der Waals surface area (Å²) in [5, 5.41) is 3.18. The Morgan fingerprint density at radius 3 is 2.50 bits per heavy atom. The van der Waals surface area contributed by atoms with E-state index in [-0.39, 0.29) is 17.3 Å². The lowest BCUT2D eigenvalue weighted by Crippen LogP contribution is -2.14. The number of aryl methyl sites for hydroxylation is 1. The van der Waals surface area contributed by atoms with Gasteiger partial charge in [-0.25, -0.2) is 18.7 Å². The summed E-state index contributed by atoms with van der Waals surface area (Å²) in [4.78, 5) is 20.9. The molecule has 3 aromatic rings. The Morgan fingerprint density at radius 2 is 1.79 bits per heavy atom. The summed E-state index contributed by atoms with van der Waals surface area (Å²) in [6.45, 7) is 1.83. The fraction of sp³-hybridized carbons (Fsp3) is 0.118. The van der Waals surface area contributed by atoms with Crippen LogP contribution in [0.1, 0.15) is 5.69 Å². The zero-order valence-electron chi connectivity index (χ0n) is 12.7. The molecule has 0 atom stereocenters. The van der Waals surface area contributed by atoms with Crippen LogP contribution < -0.4 is 5.32 Å². The predicted molar refractivity (Wildman–Crippen MR) is 90.0 cm³/mol. The number of hydrogen-bond donors (Lipinski definition) is 1. The monoisotopic (exact) mass is 345 g/mol. The summed E-state index contributed by atoms with van der Waals surface area (Å²) in [6, 6.07) is 10.7. The summed E-state index contributed by atoms with van der Waals surface area (Å²) in [5.74, 6) is -2.20. The second-order valence-corrected chi connectivity index (χ2v) is 6.03. The Morgan fingerprint density at radius 1 is 1.08 bits per heavy atom. The van der Waals surface area contributed by atoms with Crippen molar-refractivity contribution in [3.63, 3.8) is 0 Å². The van der Waals surface area contributed by atoms with E-state index >= 15 is 0 Å². The van der Waals surface area contributed by atoms with Crippen LogP contribution in [0.2, 0.25) is 0 Å². The Balaban J connectivity index is 1.67. The quantitative estimate of drug-likeness (QED) is 0.728. The maximum atomic E-state index is 13.1. The lowest BCUT2D eigenvalue weighted by atomic mass is 10.3. The zero-order valence-corrected chi connectivity index (χ0v) is 13.5. The highest BCUT2D eigenvalue weighted by atomic mass is 32.2. The van der Waals surface area contributed by atoms with Gasteiger partial charge in [-0.1, -0.05) is 23.9 Å². The average molecular weight is 345 g/mol. The summed E-state index contributed by atoms with van der Waals surface area (Å²) in [6.07, 6.45) is 0. The van der Waals surface area contributed by atoms with Gasteiger partial charge in [-0.05, 0) is 31.2 Å². The van der Waals surface area contributed by atoms with Gasteiger partial charge in [-0.15, -0.1) is 0 Å². The molecule has 4 nitrogen and oxygen atoms in total. The number of thioether (sulfide) groups is 1. The molecule has 1 aromatic heterocycles. The van der Waals surface area contributed by atoms with Crippen molar-refractivity contribution in [2.45, 2.75) is 11.9 Å². The molecule has 1 N–H and O–H groups in total. The molecule has 0 aliphatic rings. The molecule has 0 aliphatic heterocycles. The maximum Gasteiger partial charge on any atom is 0.234 e. The summed E-state index contributed by atoms with van der Waals surface area (Å²) in [7, 11) is 0. The van der Waals surface area contributed by atoms with Crippen LogP contribution in [0.5, 0.6) is 0 Å². The molecular weight excluding hydrogens is 332 g/mol. The van der Waals surface area contributed by atoms with Gasteiger partial charge in [-0.2, -0.15) is 0 Å². The molecule has 0 unspecified atom stereocenters. The molecule has 1 heterocycles. The molecule has 0 spiro atoms. The Labute approximate surface area is 141 Å². The zero-order chi connectivity index (χ0) is 17.1. The third kappa shape index (κ3) is 3.68. The van der Waals surface area contributed by atoms with E-state index in [0.717, 1.165) is 28.9 Å². The van der Waals surface area contributed by atoms with E-state index in [1.54, 1.807) is 0 Å². The van der Waals surface area contributed by atoms with Gasteiger partial charge in [0.25, 0.3) is 0 Å². The largest absolute Gasteiger partial charge is 0.325 e. The standard InChI is InChI=1S/C17H13F2N3OS/c1-10-17(22-15-5-3-2-4-14(15)20-10)24-9-16(23)21-11-6-7-12(18)13(19)8-11/h2-8H,9H2,1H3,(H,21,23). The van der Waals surface area contributed by atoms with Gasteiger partial charge in [0.1, 0.15) is 5.03 Å². The smallest absolute Gasteiger partial charge is 0.234 e. The highest BCUT2D eigenvalue weighted by Gasteiger charge is 2.10. The van der Waals surface area contributed by atoms with Gasteiger partial charge in [0.2, 0.25) is 5.91 Å². The van der Waals surface area contributed by atoms with Crippen LogP contribution in [0.15, 0.2) is 47.5 Å². The van der Waals surface area contributed by atoms with Gasteiger partial charge < -0.3 is 5.32 Å². The first kappa shape index (κ1) is 16.3. The number of nitrogens with zero attached hydrogens (tertiary/aromatic N) is 2. The molecular formula is C17H13F2N3OS. The van der Waals surface area contributed by atoms with Crippen molar-refractivity contribution in [2.75, 3.05) is 11.1 Å². The number of anilines is 1. The SMILES string of the molecule is Cc1nc2ccccc2nc1SCC(=O)Nc1ccc(F)c(F)c1. The van der Waals surface area contributed by atoms with Gasteiger partial charge in [0, 0.05) is 11.8 Å². The van der Waals surface area contributed by atoms with Crippen molar-refractivity contribution < 1.29 is 13.6 Å². The van der Waals surface area contributed by atoms with Crippen LogP contribution in [0.4, 0.5) is 14.5 Å². The molecule has 0 saturated heterocycles. The van der Waals surface area contributed by atoms with E-state index in [0.29, 0.717) is 5.03 Å². The fourth-order valence-electron chi connectivity index (χ4n) is 2.11. The minimum absolute atomic E-state index is 0.0901. The number of fused-ring (bicyclic) bond motifs is 1. The highest BCUT2D eigenvalue weighted by molar-refractivity contribution is 8.00. The van der Waals surface area contributed by atoms with Gasteiger partial charge in [0.15, 0.2) is 11.6 Å². The molecule has 0 radical (unpaired) electrons. The maximum absolute atomic E-state index is 13.1. The molecule has 0 fully saturated rings. The number of nitrogens with one attached hydrogen (secondary N) is 1. The summed E-state index contributed by atoms with van der Waals surface area (Å²) in [5.41, 5.74) is 2.50. The molecule has 3 rings (SSSR count). The first-order valence-electron chi connectivity index (χ1n) is 7.14. The lowest BCUT2D eigenvalue weighted by Gasteiger charge is -2.07. The molecule has 0 bridgehead atoms. The third-order valence-corrected chi connectivity index (χ3v) is 4.31. The van der Waals surface area contributed by atoms with Crippen molar-refractivity contribution in [3.8, 4) is 0 Å². The minimum Gasteiger partial charge on any atom is -0.325 e. The predicted octanol–water partition coefficient (Wildman–Crippen LogP) is 3.95. The van der Waals surface area contributed by atoms with E-state index in [4.69, 9.17) is 0 Å². The topological polar surface area (TPSA) is 54.9 Å². The Bertz CT molecular complexity index is 917. The van der Waals surface area contributed by atoms with Gasteiger partial charge in [-0.3, -0.25) is 4.79 Å². The first-order valence-corrected chi connectivity index (χ1v) is 8.12. The van der Waals surface area contributed by atoms with E-state index in [9.17, 15) is 13.6 Å². The molecule has 0 aliphatic carbocycles. The number of para-hydroxylation sites is 2. The van der Waals surface area contributed by atoms with E-state index in [1.807, 2.05) is 31.2 Å². The second kappa shape index (κ2) is 6.92. The Hall–Kier alpha value is -2.54. The summed E-state index contributed by atoms with van der Waals surface area (Å²) >= 11 is 1.24. The van der Waals surface area contributed by atoms with Gasteiger partial charge >= 0.3 is 0 Å². The van der Waals surface area contributed by atoms with Crippen molar-refractivity contribution in [1.82, 2.24) is 9.97 Å². The van der Waals surface area contributed by atoms with Crippen molar-refractivity contribution in [3.05, 3.63) is 59.8 Å². The molecule has 122 valence electrons. The molecule has 2 aromatic carbocycles. The van der Waals surface area contributed by atoms with Crippen molar-refractivity contribution in [1.29, 1.82) is 0 Å². The number of amides is 1. The van der Waals surface area contributed by atoms with Crippen LogP contribution in [0.25, 0.3) is 11.0 Å². The highest BCUT2D eigenvalue weighted by Crippen LogP contribution is 2.22. The first-order chi connectivity index (χ1) is 11.5. The lowest BCUT2D eigenvalue weighted by molar-refractivity contribution is -0.113. The number of carbonyl (C=O) groups excluding carboxylic acids is 1. The van der Waals surface area contributed by atoms with Crippen LogP contribution in [-0.2, 0) is 4.79 Å². The van der Waals surface area contributed by atoms with Crippen LogP contribution in [-0.4, -0.2) is 21.6 Å². The normalized spacial score (nSPS) is 10.8. The van der Waals surface area contributed by atoms with Crippen LogP contribution in [0.3, 0.4) is 0 Å². The van der Waals surface area contributed by atoms with Crippen LogP contribution in [0, 0.1) is 18.6 Å². The van der Waals surface area contributed by atoms with Crippen molar-refractivity contribution in [2.24, 2.45) is 0 Å². The van der Waals surface area contributed by atoms with E-state index < -0.39 is 11.6 Å². The Kier molecular flexibility index (Phi) is 4.71. The fourth-order valence-corrected chi connectivity index (χ4v) is 2.87. The van der Waals surface area contributed by atoms with Crippen molar-refractivity contribution >= 4 is 34.4 Å². The number of halogens is 2. The minimum atomic E-state index is -1.00. The number of hydrogen-bond acceptors (Lipinski definition) is 4. The third-order valence-electron chi connectivity index (χ3n) is 3.24. The summed E-state index contributed by atoms with van der Waals surface area (Å²) < 4.78 is 26.0. The van der Waals surface area contributed by atoms with E-state index in [2.05, 4.69) is 15.3 Å². The molecule has 1 amide bonds. The number of aromatic nitrogens is 2. The second-order valence-electron chi connectivity index (χ2n) is 5.07.